The number of amides is 1. The fraction of sp³-hybridized carbons (Fsp3) is 0.387. The molecule has 0 spiro atoms. The maximum absolute atomic E-state index is 13.7. The van der Waals surface area contributed by atoms with Crippen molar-refractivity contribution >= 4 is 50.3 Å². The predicted molar refractivity (Wildman–Crippen MR) is 166 cm³/mol. The number of piperazine rings is 1. The fourth-order valence-electron chi connectivity index (χ4n) is 5.22. The molecule has 0 unspecified atom stereocenters. The second-order valence-corrected chi connectivity index (χ2v) is 11.7. The smallest absolute Gasteiger partial charge is 0.258 e. The quantitative estimate of drug-likeness (QED) is 0.213. The lowest BCUT2D eigenvalue weighted by atomic mass is 10.1. The number of likely N-dealkylation sites (N-methyl/N-ethyl adjacent to an activating group) is 1. The molecule has 8 nitrogen and oxygen atoms in total. The van der Waals surface area contributed by atoms with Gasteiger partial charge in [0.25, 0.3) is 5.91 Å². The van der Waals surface area contributed by atoms with Gasteiger partial charge >= 0.3 is 0 Å². The van der Waals surface area contributed by atoms with Gasteiger partial charge in [0.1, 0.15) is 18.8 Å². The van der Waals surface area contributed by atoms with E-state index < -0.39 is 6.67 Å². The van der Waals surface area contributed by atoms with Gasteiger partial charge in [0.15, 0.2) is 0 Å². The number of carbonyl (C=O) groups is 1. The summed E-state index contributed by atoms with van der Waals surface area (Å²) in [7, 11) is 0. The standard InChI is InChI=1S/C31H36FN7OS/c1-3-38-8-10-39(11-9-38)25-13-21(16-32)12-22(14-25)17-33-24-5-4-20(2)27(15-24)37-31(40)26-18-41-29-28(26)34-19-35-30(29)36-23-6-7-23/h4-5,12-15,18-19,23,33H,3,6-11,16-17H2,1-2H3,(H,37,40)(H,34,35,36). The van der Waals surface area contributed by atoms with Crippen LogP contribution in [0.25, 0.3) is 10.2 Å². The molecular weight excluding hydrogens is 537 g/mol. The predicted octanol–water partition coefficient (Wildman–Crippen LogP) is 6.05. The number of thiophene rings is 1. The Hall–Kier alpha value is -3.76. The van der Waals surface area contributed by atoms with Crippen LogP contribution in [-0.4, -0.2) is 59.5 Å². The lowest BCUT2D eigenvalue weighted by Crippen LogP contribution is -2.46. The second-order valence-electron chi connectivity index (χ2n) is 10.9. The Bertz CT molecular complexity index is 1550. The zero-order valence-electron chi connectivity index (χ0n) is 23.5. The van der Waals surface area contributed by atoms with E-state index in [1.165, 1.54) is 17.7 Å². The average Bonchev–Trinajstić information content (AvgIpc) is 3.71. The van der Waals surface area contributed by atoms with Gasteiger partial charge in [-0.1, -0.05) is 19.1 Å². The Balaban J connectivity index is 1.15. The summed E-state index contributed by atoms with van der Waals surface area (Å²) in [6, 6.07) is 12.4. The second kappa shape index (κ2) is 12.0. The van der Waals surface area contributed by atoms with E-state index in [0.717, 1.165) is 84.3 Å². The van der Waals surface area contributed by atoms with Crippen molar-refractivity contribution in [3.63, 3.8) is 0 Å². The molecule has 3 N–H and O–H groups in total. The van der Waals surface area contributed by atoms with Crippen LogP contribution in [0.1, 0.15) is 46.8 Å². The van der Waals surface area contributed by atoms with Crippen molar-refractivity contribution in [3.05, 3.63) is 70.4 Å². The van der Waals surface area contributed by atoms with Crippen molar-refractivity contribution in [1.82, 2.24) is 14.9 Å². The van der Waals surface area contributed by atoms with Crippen LogP contribution < -0.4 is 20.9 Å². The Morgan fingerprint density at radius 1 is 1.07 bits per heavy atom. The Morgan fingerprint density at radius 3 is 2.63 bits per heavy atom. The van der Waals surface area contributed by atoms with Gasteiger partial charge in [0.2, 0.25) is 0 Å². The molecule has 3 heterocycles. The molecule has 2 aliphatic rings. The van der Waals surface area contributed by atoms with E-state index in [1.54, 1.807) is 0 Å². The van der Waals surface area contributed by atoms with E-state index in [4.69, 9.17) is 0 Å². The molecule has 10 heteroatoms. The van der Waals surface area contributed by atoms with Gasteiger partial charge in [-0.3, -0.25) is 4.79 Å². The van der Waals surface area contributed by atoms with Gasteiger partial charge in [0.05, 0.1) is 15.8 Å². The highest BCUT2D eigenvalue weighted by Crippen LogP contribution is 2.33. The van der Waals surface area contributed by atoms with Gasteiger partial charge in [0, 0.05) is 61.2 Å². The van der Waals surface area contributed by atoms with Crippen molar-refractivity contribution in [2.75, 3.05) is 53.6 Å². The number of rotatable bonds is 10. The SMILES string of the molecule is CCN1CCN(c2cc(CF)cc(CNc3ccc(C)c(NC(=O)c4csc5c(NC6CC6)ncnc45)c3)c2)CC1. The van der Waals surface area contributed by atoms with Crippen LogP contribution in [0.4, 0.5) is 27.3 Å². The van der Waals surface area contributed by atoms with Gasteiger partial charge in [-0.25, -0.2) is 14.4 Å². The highest BCUT2D eigenvalue weighted by atomic mass is 32.1. The lowest BCUT2D eigenvalue weighted by molar-refractivity contribution is 0.102. The monoisotopic (exact) mass is 573 g/mol. The zero-order valence-corrected chi connectivity index (χ0v) is 24.4. The summed E-state index contributed by atoms with van der Waals surface area (Å²) >= 11 is 1.48. The lowest BCUT2D eigenvalue weighted by Gasteiger charge is -2.36. The summed E-state index contributed by atoms with van der Waals surface area (Å²) < 4.78 is 14.6. The number of aryl methyl sites for hydroxylation is 1. The van der Waals surface area contributed by atoms with Crippen LogP contribution in [0.3, 0.4) is 0 Å². The zero-order chi connectivity index (χ0) is 28.3. The van der Waals surface area contributed by atoms with E-state index in [1.807, 2.05) is 42.6 Å². The van der Waals surface area contributed by atoms with Gasteiger partial charge < -0.3 is 25.8 Å². The molecule has 0 atom stereocenters. The van der Waals surface area contributed by atoms with Crippen LogP contribution in [0.5, 0.6) is 0 Å². The molecule has 0 bridgehead atoms. The van der Waals surface area contributed by atoms with Crippen molar-refractivity contribution in [2.45, 2.75) is 46.0 Å². The first-order valence-electron chi connectivity index (χ1n) is 14.3. The molecule has 6 rings (SSSR count). The molecule has 1 saturated carbocycles. The largest absolute Gasteiger partial charge is 0.381 e. The number of alkyl halides is 1. The topological polar surface area (TPSA) is 85.4 Å². The third kappa shape index (κ3) is 6.28. The Morgan fingerprint density at radius 2 is 1.88 bits per heavy atom. The Labute approximate surface area is 244 Å². The van der Waals surface area contributed by atoms with Crippen LogP contribution in [-0.2, 0) is 13.2 Å². The number of hydrogen-bond acceptors (Lipinski definition) is 8. The first-order chi connectivity index (χ1) is 20.0. The number of anilines is 4. The summed E-state index contributed by atoms with van der Waals surface area (Å²) in [6.07, 6.45) is 3.81. The Kier molecular flexibility index (Phi) is 8.02. The molecule has 214 valence electrons. The molecule has 2 fully saturated rings. The minimum atomic E-state index is -0.489. The molecule has 1 aliphatic carbocycles. The average molecular weight is 574 g/mol. The van der Waals surface area contributed by atoms with Crippen LogP contribution in [0.2, 0.25) is 0 Å². The van der Waals surface area contributed by atoms with Crippen molar-refractivity contribution in [2.24, 2.45) is 0 Å². The summed E-state index contributed by atoms with van der Waals surface area (Å²) in [5, 5.41) is 11.8. The summed E-state index contributed by atoms with van der Waals surface area (Å²) in [5.41, 5.74) is 6.57. The van der Waals surface area contributed by atoms with Crippen molar-refractivity contribution < 1.29 is 9.18 Å². The molecule has 0 radical (unpaired) electrons. The third-order valence-corrected chi connectivity index (χ3v) is 8.85. The number of nitrogens with one attached hydrogen (secondary N) is 3. The summed E-state index contributed by atoms with van der Waals surface area (Å²) in [5.74, 6) is 0.600. The maximum Gasteiger partial charge on any atom is 0.258 e. The number of carbonyl (C=O) groups excluding carboxylic acids is 1. The molecule has 4 aromatic rings. The number of aromatic nitrogens is 2. The number of hydrogen-bond donors (Lipinski definition) is 3. The molecule has 41 heavy (non-hydrogen) atoms. The molecule has 1 aliphatic heterocycles. The van der Waals surface area contributed by atoms with E-state index in [2.05, 4.69) is 48.7 Å². The number of nitrogens with zero attached hydrogens (tertiary/aromatic N) is 4. The maximum atomic E-state index is 13.7. The van der Waals surface area contributed by atoms with Gasteiger partial charge in [-0.15, -0.1) is 11.3 Å². The normalized spacial score (nSPS) is 15.7. The van der Waals surface area contributed by atoms with E-state index in [9.17, 15) is 9.18 Å². The first kappa shape index (κ1) is 27.4. The van der Waals surface area contributed by atoms with E-state index >= 15 is 0 Å². The summed E-state index contributed by atoms with van der Waals surface area (Å²) in [6.45, 7) is 9.22. The number of halogens is 1. The molecular formula is C31H36FN7OS. The van der Waals surface area contributed by atoms with E-state index in [0.29, 0.717) is 29.2 Å². The summed E-state index contributed by atoms with van der Waals surface area (Å²) in [4.78, 5) is 26.9. The molecule has 2 aromatic carbocycles. The number of fused-ring (bicyclic) bond motifs is 1. The fourth-order valence-corrected chi connectivity index (χ4v) is 6.18. The molecule has 2 aromatic heterocycles. The highest BCUT2D eigenvalue weighted by Gasteiger charge is 2.24. The van der Waals surface area contributed by atoms with Gasteiger partial charge in [-0.05, 0) is 67.3 Å². The first-order valence-corrected chi connectivity index (χ1v) is 15.2. The molecule has 1 saturated heterocycles. The van der Waals surface area contributed by atoms with Crippen LogP contribution >= 0.6 is 11.3 Å². The minimum Gasteiger partial charge on any atom is -0.381 e. The molecule has 1 amide bonds. The van der Waals surface area contributed by atoms with Crippen LogP contribution in [0.15, 0.2) is 48.1 Å². The minimum absolute atomic E-state index is 0.198. The van der Waals surface area contributed by atoms with Gasteiger partial charge in [-0.2, -0.15) is 0 Å². The van der Waals surface area contributed by atoms with Crippen molar-refractivity contribution in [1.29, 1.82) is 0 Å². The highest BCUT2D eigenvalue weighted by molar-refractivity contribution is 7.18. The number of benzene rings is 2. The van der Waals surface area contributed by atoms with Crippen LogP contribution in [0, 0.1) is 6.92 Å². The third-order valence-electron chi connectivity index (χ3n) is 7.88. The van der Waals surface area contributed by atoms with Crippen molar-refractivity contribution in [3.8, 4) is 0 Å². The van der Waals surface area contributed by atoms with E-state index in [-0.39, 0.29) is 5.91 Å².